The van der Waals surface area contributed by atoms with Crippen molar-refractivity contribution in [3.8, 4) is 0 Å². The Kier molecular flexibility index (Phi) is 3.60. The number of hydrogen-bond acceptors (Lipinski definition) is 2. The SMILES string of the molecule is Cc1cccc(Cn2cccc(C(=O)NC3CC3)c2=O)c1. The largest absolute Gasteiger partial charge is 0.349 e. The normalized spacial score (nSPS) is 14.0. The van der Waals surface area contributed by atoms with Crippen LogP contribution < -0.4 is 10.9 Å². The number of hydrogen-bond donors (Lipinski definition) is 1. The predicted octanol–water partition coefficient (Wildman–Crippen LogP) is 2.10. The maximum atomic E-state index is 12.4. The average Bonchev–Trinajstić information content (AvgIpc) is 3.25. The quantitative estimate of drug-likeness (QED) is 0.933. The number of amides is 1. The zero-order chi connectivity index (χ0) is 14.8. The third-order valence-corrected chi connectivity index (χ3v) is 3.61. The summed E-state index contributed by atoms with van der Waals surface area (Å²) in [4.78, 5) is 24.5. The molecule has 21 heavy (non-hydrogen) atoms. The first-order chi connectivity index (χ1) is 10.1. The van der Waals surface area contributed by atoms with E-state index in [0.717, 1.165) is 24.0 Å². The fourth-order valence-electron chi connectivity index (χ4n) is 2.33. The summed E-state index contributed by atoms with van der Waals surface area (Å²) in [5, 5.41) is 2.86. The molecular formula is C17H18N2O2. The van der Waals surface area contributed by atoms with Crippen molar-refractivity contribution in [1.82, 2.24) is 9.88 Å². The van der Waals surface area contributed by atoms with Gasteiger partial charge < -0.3 is 9.88 Å². The molecule has 1 fully saturated rings. The second-order valence-electron chi connectivity index (χ2n) is 5.59. The van der Waals surface area contributed by atoms with E-state index in [1.165, 1.54) is 0 Å². The van der Waals surface area contributed by atoms with Gasteiger partial charge in [0.05, 0.1) is 6.54 Å². The van der Waals surface area contributed by atoms with Crippen molar-refractivity contribution >= 4 is 5.91 Å². The lowest BCUT2D eigenvalue weighted by molar-refractivity contribution is 0.0949. The van der Waals surface area contributed by atoms with Gasteiger partial charge in [-0.05, 0) is 37.5 Å². The highest BCUT2D eigenvalue weighted by Crippen LogP contribution is 2.18. The van der Waals surface area contributed by atoms with Crippen LogP contribution in [-0.2, 0) is 6.54 Å². The number of nitrogens with one attached hydrogen (secondary N) is 1. The van der Waals surface area contributed by atoms with Crippen molar-refractivity contribution in [2.75, 3.05) is 0 Å². The van der Waals surface area contributed by atoms with E-state index in [-0.39, 0.29) is 23.1 Å². The fourth-order valence-corrected chi connectivity index (χ4v) is 2.33. The van der Waals surface area contributed by atoms with Gasteiger partial charge in [0.1, 0.15) is 5.56 Å². The van der Waals surface area contributed by atoms with E-state index in [2.05, 4.69) is 5.32 Å². The van der Waals surface area contributed by atoms with E-state index in [1.54, 1.807) is 22.9 Å². The molecule has 0 spiro atoms. The monoisotopic (exact) mass is 282 g/mol. The number of aryl methyl sites for hydroxylation is 1. The third kappa shape index (κ3) is 3.21. The standard InChI is InChI=1S/C17H18N2O2/c1-12-4-2-5-13(10-12)11-19-9-3-6-15(17(19)21)16(20)18-14-7-8-14/h2-6,9-10,14H,7-8,11H2,1H3,(H,18,20). The summed E-state index contributed by atoms with van der Waals surface area (Å²) in [5.74, 6) is -0.263. The molecule has 0 atom stereocenters. The molecule has 4 heteroatoms. The molecule has 0 saturated heterocycles. The van der Waals surface area contributed by atoms with Crippen LogP contribution in [-0.4, -0.2) is 16.5 Å². The highest BCUT2D eigenvalue weighted by atomic mass is 16.2. The Balaban J connectivity index is 1.85. The molecule has 1 aromatic carbocycles. The summed E-state index contributed by atoms with van der Waals surface area (Å²) in [6.45, 7) is 2.50. The van der Waals surface area contributed by atoms with Crippen LogP contribution in [0.25, 0.3) is 0 Å². The average molecular weight is 282 g/mol. The van der Waals surface area contributed by atoms with Gasteiger partial charge >= 0.3 is 0 Å². The highest BCUT2D eigenvalue weighted by molar-refractivity contribution is 5.94. The first kappa shape index (κ1) is 13.6. The Morgan fingerprint density at radius 2 is 2.10 bits per heavy atom. The Morgan fingerprint density at radius 1 is 1.29 bits per heavy atom. The van der Waals surface area contributed by atoms with Crippen LogP contribution >= 0.6 is 0 Å². The van der Waals surface area contributed by atoms with E-state index in [4.69, 9.17) is 0 Å². The van der Waals surface area contributed by atoms with Gasteiger partial charge in [0.25, 0.3) is 11.5 Å². The number of benzene rings is 1. The molecule has 3 rings (SSSR count). The summed E-state index contributed by atoms with van der Waals surface area (Å²) in [6, 6.07) is 11.6. The van der Waals surface area contributed by atoms with E-state index < -0.39 is 0 Å². The van der Waals surface area contributed by atoms with Gasteiger partial charge in [-0.15, -0.1) is 0 Å². The second-order valence-corrected chi connectivity index (χ2v) is 5.59. The van der Waals surface area contributed by atoms with Crippen LogP contribution in [0, 0.1) is 6.92 Å². The Labute approximate surface area is 123 Å². The van der Waals surface area contributed by atoms with Gasteiger partial charge in [0.15, 0.2) is 0 Å². The van der Waals surface area contributed by atoms with Crippen molar-refractivity contribution in [2.24, 2.45) is 0 Å². The molecule has 0 aliphatic heterocycles. The lowest BCUT2D eigenvalue weighted by Gasteiger charge is -2.09. The van der Waals surface area contributed by atoms with Crippen molar-refractivity contribution in [3.05, 3.63) is 69.6 Å². The topological polar surface area (TPSA) is 51.1 Å². The number of aromatic nitrogens is 1. The van der Waals surface area contributed by atoms with E-state index in [0.29, 0.717) is 6.54 Å². The Bertz CT molecular complexity index is 730. The molecule has 1 aliphatic carbocycles. The van der Waals surface area contributed by atoms with Gasteiger partial charge in [-0.2, -0.15) is 0 Å². The zero-order valence-corrected chi connectivity index (χ0v) is 12.0. The van der Waals surface area contributed by atoms with Crippen molar-refractivity contribution in [1.29, 1.82) is 0 Å². The van der Waals surface area contributed by atoms with Gasteiger partial charge in [-0.25, -0.2) is 0 Å². The van der Waals surface area contributed by atoms with Gasteiger partial charge in [-0.1, -0.05) is 29.8 Å². The molecule has 1 N–H and O–H groups in total. The smallest absolute Gasteiger partial charge is 0.263 e. The Hall–Kier alpha value is -2.36. The van der Waals surface area contributed by atoms with E-state index in [9.17, 15) is 9.59 Å². The minimum Gasteiger partial charge on any atom is -0.349 e. The summed E-state index contributed by atoms with van der Waals surface area (Å²) < 4.78 is 1.58. The van der Waals surface area contributed by atoms with Crippen molar-refractivity contribution < 1.29 is 4.79 Å². The second kappa shape index (κ2) is 5.56. The summed E-state index contributed by atoms with van der Waals surface area (Å²) in [5.41, 5.74) is 2.19. The lowest BCUT2D eigenvalue weighted by Crippen LogP contribution is -2.33. The van der Waals surface area contributed by atoms with Crippen molar-refractivity contribution in [3.63, 3.8) is 0 Å². The van der Waals surface area contributed by atoms with E-state index in [1.807, 2.05) is 31.2 Å². The summed E-state index contributed by atoms with van der Waals surface area (Å²) in [6.07, 6.45) is 3.74. The van der Waals surface area contributed by atoms with Crippen LogP contribution in [0.15, 0.2) is 47.4 Å². The molecule has 1 aromatic heterocycles. The number of carbonyl (C=O) groups is 1. The maximum absolute atomic E-state index is 12.4. The minimum atomic E-state index is -0.263. The molecular weight excluding hydrogens is 264 g/mol. The molecule has 4 nitrogen and oxygen atoms in total. The molecule has 1 saturated carbocycles. The third-order valence-electron chi connectivity index (χ3n) is 3.61. The number of pyridine rings is 1. The first-order valence-corrected chi connectivity index (χ1v) is 7.19. The van der Waals surface area contributed by atoms with Crippen molar-refractivity contribution in [2.45, 2.75) is 32.4 Å². The Morgan fingerprint density at radius 3 is 2.81 bits per heavy atom. The van der Waals surface area contributed by atoms with Crippen LogP contribution in [0.3, 0.4) is 0 Å². The highest BCUT2D eigenvalue weighted by Gasteiger charge is 2.25. The van der Waals surface area contributed by atoms with Gasteiger partial charge in [0, 0.05) is 12.2 Å². The molecule has 1 amide bonds. The predicted molar refractivity (Wildman–Crippen MR) is 81.5 cm³/mol. The summed E-state index contributed by atoms with van der Waals surface area (Å²) >= 11 is 0. The van der Waals surface area contributed by atoms with Gasteiger partial charge in [0.2, 0.25) is 0 Å². The van der Waals surface area contributed by atoms with Gasteiger partial charge in [-0.3, -0.25) is 9.59 Å². The lowest BCUT2D eigenvalue weighted by atomic mass is 10.1. The molecule has 0 radical (unpaired) electrons. The molecule has 0 unspecified atom stereocenters. The molecule has 1 aliphatic rings. The maximum Gasteiger partial charge on any atom is 0.263 e. The number of nitrogens with zero attached hydrogens (tertiary/aromatic N) is 1. The van der Waals surface area contributed by atoms with Crippen LogP contribution in [0.5, 0.6) is 0 Å². The van der Waals surface area contributed by atoms with Crippen LogP contribution in [0.4, 0.5) is 0 Å². The van der Waals surface area contributed by atoms with E-state index >= 15 is 0 Å². The van der Waals surface area contributed by atoms with Crippen LogP contribution in [0.2, 0.25) is 0 Å². The molecule has 108 valence electrons. The molecule has 2 aromatic rings. The van der Waals surface area contributed by atoms with Crippen LogP contribution in [0.1, 0.15) is 34.3 Å². The number of rotatable bonds is 4. The minimum absolute atomic E-state index is 0.219. The first-order valence-electron chi connectivity index (χ1n) is 7.19. The molecule has 0 bridgehead atoms. The number of carbonyl (C=O) groups excluding carboxylic acids is 1. The zero-order valence-electron chi connectivity index (χ0n) is 12.0. The fraction of sp³-hybridized carbons (Fsp3) is 0.294. The summed E-state index contributed by atoms with van der Waals surface area (Å²) in [7, 11) is 0. The molecule has 1 heterocycles.